The summed E-state index contributed by atoms with van der Waals surface area (Å²) >= 11 is 0. The van der Waals surface area contributed by atoms with Gasteiger partial charge >= 0.3 is 0 Å². The summed E-state index contributed by atoms with van der Waals surface area (Å²) in [6, 6.07) is 5.94. The predicted molar refractivity (Wildman–Crippen MR) is 86.9 cm³/mol. The van der Waals surface area contributed by atoms with Crippen molar-refractivity contribution in [1.29, 1.82) is 0 Å². The minimum absolute atomic E-state index is 0.755. The Labute approximate surface area is 123 Å². The molecule has 1 rings (SSSR count). The molecule has 0 aliphatic carbocycles. The molecule has 0 aliphatic rings. The van der Waals surface area contributed by atoms with E-state index in [1.807, 2.05) is 12.1 Å². The summed E-state index contributed by atoms with van der Waals surface area (Å²) in [5.41, 5.74) is 3.18. The lowest BCUT2D eigenvalue weighted by Gasteiger charge is -2.26. The second-order valence-electron chi connectivity index (χ2n) is 5.12. The number of hydrogen-bond acceptors (Lipinski definition) is 3. The van der Waals surface area contributed by atoms with Gasteiger partial charge in [0.2, 0.25) is 0 Å². The van der Waals surface area contributed by atoms with Gasteiger partial charge < -0.3 is 9.80 Å². The molecule has 0 aromatic heterocycles. The van der Waals surface area contributed by atoms with E-state index < -0.39 is 0 Å². The van der Waals surface area contributed by atoms with Crippen molar-refractivity contribution >= 4 is 12.0 Å². The van der Waals surface area contributed by atoms with Crippen molar-refractivity contribution < 1.29 is 4.79 Å². The Bertz CT molecular complexity index is 413. The number of aldehydes is 1. The maximum Gasteiger partial charge on any atom is 0.150 e. The molecule has 20 heavy (non-hydrogen) atoms. The van der Waals surface area contributed by atoms with Crippen LogP contribution in [0.25, 0.3) is 0 Å². The fraction of sp³-hybridized carbons (Fsp3) is 0.588. The smallest absolute Gasteiger partial charge is 0.150 e. The zero-order valence-corrected chi connectivity index (χ0v) is 13.4. The summed E-state index contributed by atoms with van der Waals surface area (Å²) in [5.74, 6) is 0. The summed E-state index contributed by atoms with van der Waals surface area (Å²) in [5, 5.41) is 0. The van der Waals surface area contributed by atoms with Crippen LogP contribution >= 0.6 is 0 Å². The molecule has 0 spiro atoms. The molecule has 0 N–H and O–H groups in total. The third kappa shape index (κ3) is 4.64. The molecule has 0 saturated heterocycles. The van der Waals surface area contributed by atoms with Gasteiger partial charge in [-0.25, -0.2) is 0 Å². The van der Waals surface area contributed by atoms with Gasteiger partial charge in [0.05, 0.1) is 0 Å². The van der Waals surface area contributed by atoms with Crippen molar-refractivity contribution in [3.05, 3.63) is 29.3 Å². The monoisotopic (exact) mass is 276 g/mol. The van der Waals surface area contributed by atoms with E-state index >= 15 is 0 Å². The highest BCUT2D eigenvalue weighted by atomic mass is 16.1. The number of anilines is 1. The van der Waals surface area contributed by atoms with Crippen LogP contribution in [0.1, 0.15) is 43.1 Å². The lowest BCUT2D eigenvalue weighted by atomic mass is 10.1. The maximum absolute atomic E-state index is 10.8. The van der Waals surface area contributed by atoms with Crippen LogP contribution in [0.15, 0.2) is 18.2 Å². The first-order chi connectivity index (χ1) is 9.65. The molecule has 112 valence electrons. The fourth-order valence-electron chi connectivity index (χ4n) is 2.58. The van der Waals surface area contributed by atoms with Crippen molar-refractivity contribution in [3.63, 3.8) is 0 Å². The van der Waals surface area contributed by atoms with E-state index in [1.165, 1.54) is 17.7 Å². The third-order valence-corrected chi connectivity index (χ3v) is 3.88. The highest BCUT2D eigenvalue weighted by molar-refractivity contribution is 5.76. The molecule has 0 atom stereocenters. The van der Waals surface area contributed by atoms with Gasteiger partial charge in [0.15, 0.2) is 0 Å². The molecule has 3 nitrogen and oxygen atoms in total. The van der Waals surface area contributed by atoms with Crippen LogP contribution in [0.4, 0.5) is 5.69 Å². The Kier molecular flexibility index (Phi) is 7.31. The summed E-state index contributed by atoms with van der Waals surface area (Å²) < 4.78 is 0. The summed E-state index contributed by atoms with van der Waals surface area (Å²) in [4.78, 5) is 15.7. The molecule has 3 heteroatoms. The maximum atomic E-state index is 10.8. The Hall–Kier alpha value is -1.35. The first kappa shape index (κ1) is 16.7. The Morgan fingerprint density at radius 3 is 2.25 bits per heavy atom. The number of benzene rings is 1. The van der Waals surface area contributed by atoms with Gasteiger partial charge in [-0.05, 0) is 63.7 Å². The second kappa shape index (κ2) is 8.75. The molecule has 0 radical (unpaired) electrons. The van der Waals surface area contributed by atoms with E-state index in [-0.39, 0.29) is 0 Å². The van der Waals surface area contributed by atoms with Crippen LogP contribution in [-0.4, -0.2) is 43.9 Å². The zero-order chi connectivity index (χ0) is 15.0. The van der Waals surface area contributed by atoms with Crippen LogP contribution in [0.3, 0.4) is 0 Å². The standard InChI is InChI=1S/C17H28N2O/c1-5-18(6-2)11-8-12-19(7-3)17-10-9-16(14-20)13-15(17)4/h9-10,13-14H,5-8,11-12H2,1-4H3. The molecule has 1 aromatic carbocycles. The van der Waals surface area contributed by atoms with Crippen LogP contribution < -0.4 is 4.90 Å². The molecule has 0 heterocycles. The fourth-order valence-corrected chi connectivity index (χ4v) is 2.58. The minimum atomic E-state index is 0.755. The number of carbonyl (C=O) groups is 1. The average Bonchev–Trinajstić information content (AvgIpc) is 2.48. The summed E-state index contributed by atoms with van der Waals surface area (Å²) in [6.07, 6.45) is 2.08. The van der Waals surface area contributed by atoms with Crippen LogP contribution in [0.2, 0.25) is 0 Å². The zero-order valence-electron chi connectivity index (χ0n) is 13.4. The quantitative estimate of drug-likeness (QED) is 0.646. The van der Waals surface area contributed by atoms with Crippen LogP contribution in [-0.2, 0) is 0 Å². The minimum Gasteiger partial charge on any atom is -0.372 e. The molecular formula is C17H28N2O. The predicted octanol–water partition coefficient (Wildman–Crippen LogP) is 3.37. The normalized spacial score (nSPS) is 10.8. The van der Waals surface area contributed by atoms with E-state index in [1.54, 1.807) is 0 Å². The highest BCUT2D eigenvalue weighted by Crippen LogP contribution is 2.21. The number of carbonyl (C=O) groups excluding carboxylic acids is 1. The first-order valence-corrected chi connectivity index (χ1v) is 7.69. The first-order valence-electron chi connectivity index (χ1n) is 7.69. The largest absolute Gasteiger partial charge is 0.372 e. The average molecular weight is 276 g/mol. The van der Waals surface area contributed by atoms with Gasteiger partial charge in [-0.3, -0.25) is 4.79 Å². The highest BCUT2D eigenvalue weighted by Gasteiger charge is 2.08. The lowest BCUT2D eigenvalue weighted by molar-refractivity contribution is 0.112. The second-order valence-corrected chi connectivity index (χ2v) is 5.12. The molecule has 0 unspecified atom stereocenters. The van der Waals surface area contributed by atoms with Crippen molar-refractivity contribution in [3.8, 4) is 0 Å². The number of aryl methyl sites for hydroxylation is 1. The van der Waals surface area contributed by atoms with Crippen molar-refractivity contribution in [1.82, 2.24) is 4.90 Å². The van der Waals surface area contributed by atoms with E-state index in [4.69, 9.17) is 0 Å². The molecule has 0 bridgehead atoms. The Morgan fingerprint density at radius 1 is 1.05 bits per heavy atom. The summed E-state index contributed by atoms with van der Waals surface area (Å²) in [7, 11) is 0. The molecule has 0 saturated carbocycles. The lowest BCUT2D eigenvalue weighted by Crippen LogP contribution is -2.30. The SMILES string of the molecule is CCN(CC)CCCN(CC)c1ccc(C=O)cc1C. The molecule has 0 amide bonds. The van der Waals surface area contributed by atoms with Crippen molar-refractivity contribution in [2.45, 2.75) is 34.1 Å². The van der Waals surface area contributed by atoms with Gasteiger partial charge in [-0.15, -0.1) is 0 Å². The van der Waals surface area contributed by atoms with Crippen molar-refractivity contribution in [2.24, 2.45) is 0 Å². The van der Waals surface area contributed by atoms with Crippen LogP contribution in [0, 0.1) is 6.92 Å². The molecule has 0 aliphatic heterocycles. The molecular weight excluding hydrogens is 248 g/mol. The Balaban J connectivity index is 2.64. The van der Waals surface area contributed by atoms with Gasteiger partial charge in [0.1, 0.15) is 6.29 Å². The number of nitrogens with zero attached hydrogens (tertiary/aromatic N) is 2. The van der Waals surface area contributed by atoms with E-state index in [0.29, 0.717) is 0 Å². The van der Waals surface area contributed by atoms with E-state index in [2.05, 4.69) is 43.6 Å². The molecule has 0 fully saturated rings. The van der Waals surface area contributed by atoms with Gasteiger partial charge in [-0.1, -0.05) is 13.8 Å². The Morgan fingerprint density at radius 2 is 1.75 bits per heavy atom. The van der Waals surface area contributed by atoms with Crippen LogP contribution in [0.5, 0.6) is 0 Å². The summed E-state index contributed by atoms with van der Waals surface area (Å²) in [6.45, 7) is 14.1. The van der Waals surface area contributed by atoms with E-state index in [0.717, 1.165) is 44.6 Å². The molecule has 1 aromatic rings. The third-order valence-electron chi connectivity index (χ3n) is 3.88. The van der Waals surface area contributed by atoms with Gasteiger partial charge in [0.25, 0.3) is 0 Å². The topological polar surface area (TPSA) is 23.6 Å². The van der Waals surface area contributed by atoms with Gasteiger partial charge in [-0.2, -0.15) is 0 Å². The van der Waals surface area contributed by atoms with Gasteiger partial charge in [0, 0.05) is 24.3 Å². The van der Waals surface area contributed by atoms with Crippen molar-refractivity contribution in [2.75, 3.05) is 37.6 Å². The number of hydrogen-bond donors (Lipinski definition) is 0. The number of rotatable bonds is 9. The van der Waals surface area contributed by atoms with E-state index in [9.17, 15) is 4.79 Å².